The van der Waals surface area contributed by atoms with Gasteiger partial charge in [0, 0.05) is 44.3 Å². The molecule has 0 bridgehead atoms. The maximum Gasteiger partial charge on any atom is 0.272 e. The van der Waals surface area contributed by atoms with Gasteiger partial charge in [-0.05, 0) is 70.5 Å². The number of carbonyl (C=O) groups is 1. The van der Waals surface area contributed by atoms with Crippen molar-refractivity contribution in [3.05, 3.63) is 53.5 Å². The molecule has 0 saturated carbocycles. The van der Waals surface area contributed by atoms with Crippen molar-refractivity contribution in [1.82, 2.24) is 24.1 Å². The normalized spacial score (nSPS) is 23.6. The van der Waals surface area contributed by atoms with Crippen molar-refractivity contribution in [3.8, 4) is 0 Å². The van der Waals surface area contributed by atoms with Crippen molar-refractivity contribution >= 4 is 21.7 Å². The van der Waals surface area contributed by atoms with E-state index >= 15 is 0 Å². The predicted octanol–water partition coefficient (Wildman–Crippen LogP) is 3.47. The van der Waals surface area contributed by atoms with E-state index < -0.39 is 10.0 Å². The summed E-state index contributed by atoms with van der Waals surface area (Å²) in [4.78, 5) is 26.7. The summed E-state index contributed by atoms with van der Waals surface area (Å²) in [5.41, 5.74) is 2.44. The molecule has 4 heterocycles. The Balaban J connectivity index is 1.11. The van der Waals surface area contributed by atoms with Gasteiger partial charge in [-0.1, -0.05) is 30.3 Å². The Morgan fingerprint density at radius 2 is 1.73 bits per heavy atom. The number of aromatic nitrogens is 2. The van der Waals surface area contributed by atoms with Gasteiger partial charge in [0.1, 0.15) is 17.8 Å². The van der Waals surface area contributed by atoms with Crippen LogP contribution < -0.4 is 5.32 Å². The number of carbonyl (C=O) groups excluding carboxylic acids is 1. The van der Waals surface area contributed by atoms with Gasteiger partial charge in [0.25, 0.3) is 5.91 Å². The molecule has 5 rings (SSSR count). The van der Waals surface area contributed by atoms with Gasteiger partial charge >= 0.3 is 0 Å². The third-order valence-corrected chi connectivity index (χ3v) is 10.5. The molecule has 1 N–H and O–H groups in total. The van der Waals surface area contributed by atoms with Gasteiger partial charge in [-0.3, -0.25) is 4.79 Å². The second-order valence-corrected chi connectivity index (χ2v) is 13.8. The van der Waals surface area contributed by atoms with Gasteiger partial charge in [0.05, 0.1) is 18.5 Å². The van der Waals surface area contributed by atoms with Crippen LogP contribution in [0.25, 0.3) is 0 Å². The highest BCUT2D eigenvalue weighted by atomic mass is 32.2. The lowest BCUT2D eigenvalue weighted by Crippen LogP contribution is -2.52. The second-order valence-electron chi connectivity index (χ2n) is 11.7. The van der Waals surface area contributed by atoms with Crippen LogP contribution in [0.5, 0.6) is 0 Å². The molecule has 1 aromatic carbocycles. The monoisotopic (exact) mass is 584 g/mol. The zero-order chi connectivity index (χ0) is 29.0. The summed E-state index contributed by atoms with van der Waals surface area (Å²) in [5.74, 6) is 0.642. The minimum atomic E-state index is -3.17. The summed E-state index contributed by atoms with van der Waals surface area (Å²) in [6.07, 6.45) is 9.60. The van der Waals surface area contributed by atoms with Crippen molar-refractivity contribution in [2.45, 2.75) is 76.2 Å². The minimum Gasteiger partial charge on any atom is -0.368 e. The SMILES string of the molecule is Cc1c(NCC2CCC[C@@H](c3ccccc3)O2)ncnc1C(=O)N1CCC(N2CCC(N(C)S(C)(=O)=O)CC2)CC1. The number of ether oxygens (including phenoxy) is 1. The zero-order valence-corrected chi connectivity index (χ0v) is 25.4. The summed E-state index contributed by atoms with van der Waals surface area (Å²) < 4.78 is 31.7. The first kappa shape index (κ1) is 29.9. The number of amides is 1. The molecule has 1 amide bonds. The molecule has 10 nitrogen and oxygen atoms in total. The quantitative estimate of drug-likeness (QED) is 0.503. The number of nitrogens with one attached hydrogen (secondary N) is 1. The number of rotatable bonds is 8. The fourth-order valence-electron chi connectivity index (χ4n) is 6.49. The van der Waals surface area contributed by atoms with Gasteiger partial charge < -0.3 is 19.9 Å². The molecule has 3 aliphatic heterocycles. The molecular formula is C30H44N6O4S. The van der Waals surface area contributed by atoms with Gasteiger partial charge in [-0.2, -0.15) is 0 Å². The van der Waals surface area contributed by atoms with Crippen LogP contribution in [0.15, 0.2) is 36.7 Å². The van der Waals surface area contributed by atoms with E-state index in [1.165, 1.54) is 22.5 Å². The first-order chi connectivity index (χ1) is 19.7. The van der Waals surface area contributed by atoms with E-state index in [9.17, 15) is 13.2 Å². The first-order valence-electron chi connectivity index (χ1n) is 14.9. The molecule has 11 heteroatoms. The summed E-state index contributed by atoms with van der Waals surface area (Å²) in [6, 6.07) is 10.9. The first-order valence-corrected chi connectivity index (χ1v) is 16.8. The van der Waals surface area contributed by atoms with Crippen molar-refractivity contribution in [1.29, 1.82) is 0 Å². The van der Waals surface area contributed by atoms with E-state index in [1.54, 1.807) is 7.05 Å². The average Bonchev–Trinajstić information content (AvgIpc) is 3.00. The largest absolute Gasteiger partial charge is 0.368 e. The van der Waals surface area contributed by atoms with Crippen LogP contribution in [0.1, 0.15) is 72.7 Å². The van der Waals surface area contributed by atoms with Crippen LogP contribution in [0.4, 0.5) is 5.82 Å². The molecule has 1 aromatic heterocycles. The van der Waals surface area contributed by atoms with Crippen molar-refractivity contribution in [3.63, 3.8) is 0 Å². The summed E-state index contributed by atoms with van der Waals surface area (Å²) in [5, 5.41) is 3.43. The van der Waals surface area contributed by atoms with Crippen LogP contribution >= 0.6 is 0 Å². The number of piperidine rings is 2. The van der Waals surface area contributed by atoms with Crippen LogP contribution in [0.2, 0.25) is 0 Å². The molecule has 41 heavy (non-hydrogen) atoms. The Morgan fingerprint density at radius 1 is 1.02 bits per heavy atom. The average molecular weight is 585 g/mol. The molecule has 1 unspecified atom stereocenters. The number of anilines is 1. The van der Waals surface area contributed by atoms with E-state index in [1.807, 2.05) is 17.9 Å². The number of benzene rings is 1. The van der Waals surface area contributed by atoms with Crippen molar-refractivity contribution < 1.29 is 17.9 Å². The number of hydrogen-bond acceptors (Lipinski definition) is 8. The lowest BCUT2D eigenvalue weighted by Gasteiger charge is -2.43. The number of likely N-dealkylation sites (tertiary alicyclic amines) is 2. The lowest BCUT2D eigenvalue weighted by molar-refractivity contribution is -0.0442. The maximum absolute atomic E-state index is 13.5. The Kier molecular flexibility index (Phi) is 9.58. The molecule has 3 aliphatic rings. The van der Waals surface area contributed by atoms with Gasteiger partial charge in [0.15, 0.2) is 0 Å². The van der Waals surface area contributed by atoms with Crippen LogP contribution in [0, 0.1) is 6.92 Å². The minimum absolute atomic E-state index is 0.0436. The molecule has 0 radical (unpaired) electrons. The maximum atomic E-state index is 13.5. The fourth-order valence-corrected chi connectivity index (χ4v) is 7.24. The van der Waals surface area contributed by atoms with Gasteiger partial charge in [-0.25, -0.2) is 22.7 Å². The molecule has 0 aliphatic carbocycles. The van der Waals surface area contributed by atoms with E-state index in [2.05, 4.69) is 44.5 Å². The molecular weight excluding hydrogens is 540 g/mol. The summed E-state index contributed by atoms with van der Waals surface area (Å²) in [6.45, 7) is 5.71. The summed E-state index contributed by atoms with van der Waals surface area (Å²) in [7, 11) is -1.49. The third-order valence-electron chi connectivity index (χ3n) is 9.11. The molecule has 3 fully saturated rings. The smallest absolute Gasteiger partial charge is 0.272 e. The second kappa shape index (κ2) is 13.1. The third kappa shape index (κ3) is 7.25. The Bertz CT molecular complexity index is 1280. The number of hydrogen-bond donors (Lipinski definition) is 1. The Labute approximate surface area is 244 Å². The highest BCUT2D eigenvalue weighted by Crippen LogP contribution is 2.31. The predicted molar refractivity (Wildman–Crippen MR) is 159 cm³/mol. The summed E-state index contributed by atoms with van der Waals surface area (Å²) >= 11 is 0. The molecule has 3 saturated heterocycles. The standard InChI is InChI=1S/C30H44N6O4S/c1-22-28(32-21-33-29(22)31-20-26-10-7-11-27(40-26)23-8-5-4-6-9-23)30(37)36-18-14-25(15-19-36)35-16-12-24(13-17-35)34(2)41(3,38)39/h4-6,8-9,21,24-27H,7,10-20H2,1-3H3,(H,31,32,33)/t26?,27-/m0/s1. The fraction of sp³-hybridized carbons (Fsp3) is 0.633. The number of nitrogens with zero attached hydrogens (tertiary/aromatic N) is 5. The molecule has 0 spiro atoms. The van der Waals surface area contributed by atoms with E-state index in [0.717, 1.165) is 63.6 Å². The van der Waals surface area contributed by atoms with Crippen LogP contribution in [0.3, 0.4) is 0 Å². The lowest BCUT2D eigenvalue weighted by atomic mass is 9.97. The highest BCUT2D eigenvalue weighted by Gasteiger charge is 2.33. The Morgan fingerprint density at radius 3 is 2.41 bits per heavy atom. The number of sulfonamides is 1. The van der Waals surface area contributed by atoms with Gasteiger partial charge in [0.2, 0.25) is 10.0 Å². The highest BCUT2D eigenvalue weighted by molar-refractivity contribution is 7.88. The topological polar surface area (TPSA) is 108 Å². The molecule has 224 valence electrons. The molecule has 2 atom stereocenters. The Hall–Kier alpha value is -2.60. The van der Waals surface area contributed by atoms with E-state index in [0.29, 0.717) is 37.2 Å². The van der Waals surface area contributed by atoms with E-state index in [-0.39, 0.29) is 24.2 Å². The van der Waals surface area contributed by atoms with Crippen molar-refractivity contribution in [2.24, 2.45) is 0 Å². The zero-order valence-electron chi connectivity index (χ0n) is 24.5. The van der Waals surface area contributed by atoms with E-state index in [4.69, 9.17) is 4.74 Å². The van der Waals surface area contributed by atoms with Crippen molar-refractivity contribution in [2.75, 3.05) is 51.3 Å². The van der Waals surface area contributed by atoms with Gasteiger partial charge in [-0.15, -0.1) is 0 Å². The van der Waals surface area contributed by atoms with Crippen LogP contribution in [-0.4, -0.2) is 103 Å². The van der Waals surface area contributed by atoms with Crippen LogP contribution in [-0.2, 0) is 14.8 Å². The molecule has 2 aromatic rings.